The van der Waals surface area contributed by atoms with Crippen molar-refractivity contribution in [2.24, 2.45) is 0 Å². The minimum Gasteiger partial charge on any atom is -0.484 e. The Labute approximate surface area is 185 Å². The number of para-hydroxylation sites is 1. The average Bonchev–Trinajstić information content (AvgIpc) is 3.17. The highest BCUT2D eigenvalue weighted by atomic mass is 35.5. The number of ether oxygens (including phenoxy) is 2. The molecule has 4 rings (SSSR count). The van der Waals surface area contributed by atoms with Crippen molar-refractivity contribution in [2.75, 3.05) is 39.9 Å². The van der Waals surface area contributed by atoms with Gasteiger partial charge in [-0.05, 0) is 30.3 Å². The fourth-order valence-corrected chi connectivity index (χ4v) is 3.75. The van der Waals surface area contributed by atoms with E-state index in [4.69, 9.17) is 25.5 Å². The number of piperazine rings is 1. The molecule has 0 saturated carbocycles. The number of carbonyl (C=O) groups is 2. The maximum absolute atomic E-state index is 13.1. The maximum atomic E-state index is 13.1. The first-order valence-electron chi connectivity index (χ1n) is 10.0. The maximum Gasteiger partial charge on any atom is 0.290 e. The molecule has 1 aliphatic heterocycles. The van der Waals surface area contributed by atoms with Crippen LogP contribution in [-0.2, 0) is 16.1 Å². The Hall–Kier alpha value is -3.03. The van der Waals surface area contributed by atoms with Gasteiger partial charge in [-0.25, -0.2) is 0 Å². The first-order chi connectivity index (χ1) is 15.1. The Kier molecular flexibility index (Phi) is 6.44. The molecule has 1 fully saturated rings. The second-order valence-corrected chi connectivity index (χ2v) is 7.69. The predicted octanol–water partition coefficient (Wildman–Crippen LogP) is 3.60. The lowest BCUT2D eigenvalue weighted by atomic mass is 10.1. The number of carbonyl (C=O) groups excluding carboxylic acids is 2. The number of hydrogen-bond donors (Lipinski definition) is 0. The van der Waals surface area contributed by atoms with Crippen LogP contribution in [0, 0.1) is 0 Å². The van der Waals surface area contributed by atoms with Crippen molar-refractivity contribution in [2.45, 2.75) is 6.61 Å². The van der Waals surface area contributed by atoms with Crippen molar-refractivity contribution in [1.82, 2.24) is 9.80 Å². The van der Waals surface area contributed by atoms with E-state index in [2.05, 4.69) is 0 Å². The van der Waals surface area contributed by atoms with Crippen molar-refractivity contribution >= 4 is 34.4 Å². The van der Waals surface area contributed by atoms with Crippen molar-refractivity contribution in [3.63, 3.8) is 0 Å². The molecule has 0 unspecified atom stereocenters. The second-order valence-electron chi connectivity index (χ2n) is 7.25. The number of amides is 2. The molecule has 162 valence electrons. The number of benzene rings is 2. The summed E-state index contributed by atoms with van der Waals surface area (Å²) in [5.41, 5.74) is 1.41. The minimum absolute atomic E-state index is 0.0584. The molecule has 1 aromatic heterocycles. The van der Waals surface area contributed by atoms with Crippen LogP contribution in [0.5, 0.6) is 5.75 Å². The number of methoxy groups -OCH3 is 1. The third kappa shape index (κ3) is 4.68. The Morgan fingerprint density at radius 1 is 1.00 bits per heavy atom. The van der Waals surface area contributed by atoms with Gasteiger partial charge in [-0.1, -0.05) is 29.8 Å². The smallest absolute Gasteiger partial charge is 0.290 e. The van der Waals surface area contributed by atoms with E-state index in [-0.39, 0.29) is 18.4 Å². The molecular formula is C23H23ClN2O5. The first-order valence-corrected chi connectivity index (χ1v) is 10.4. The lowest BCUT2D eigenvalue weighted by Crippen LogP contribution is -2.51. The zero-order valence-corrected chi connectivity index (χ0v) is 17.9. The molecule has 2 heterocycles. The van der Waals surface area contributed by atoms with Gasteiger partial charge in [0.15, 0.2) is 12.4 Å². The monoisotopic (exact) mass is 442 g/mol. The zero-order chi connectivity index (χ0) is 21.8. The Balaban J connectivity index is 1.36. The predicted molar refractivity (Wildman–Crippen MR) is 116 cm³/mol. The van der Waals surface area contributed by atoms with E-state index in [1.807, 2.05) is 24.3 Å². The van der Waals surface area contributed by atoms with Gasteiger partial charge in [0, 0.05) is 49.3 Å². The van der Waals surface area contributed by atoms with E-state index in [0.717, 1.165) is 10.9 Å². The van der Waals surface area contributed by atoms with E-state index in [1.54, 1.807) is 41.2 Å². The summed E-state index contributed by atoms with van der Waals surface area (Å²) in [6, 6.07) is 14.4. The quantitative estimate of drug-likeness (QED) is 0.583. The van der Waals surface area contributed by atoms with Gasteiger partial charge in [0.25, 0.3) is 11.8 Å². The van der Waals surface area contributed by atoms with Crippen LogP contribution < -0.4 is 4.74 Å². The lowest BCUT2D eigenvalue weighted by Gasteiger charge is -2.34. The van der Waals surface area contributed by atoms with Gasteiger partial charge in [-0.3, -0.25) is 9.59 Å². The number of fused-ring (bicyclic) bond motifs is 1. The van der Waals surface area contributed by atoms with Gasteiger partial charge >= 0.3 is 0 Å². The molecule has 1 aliphatic rings. The van der Waals surface area contributed by atoms with Gasteiger partial charge in [-0.15, -0.1) is 0 Å². The van der Waals surface area contributed by atoms with Gasteiger partial charge in [0.05, 0.1) is 6.61 Å². The van der Waals surface area contributed by atoms with Crippen molar-refractivity contribution in [3.8, 4) is 5.75 Å². The van der Waals surface area contributed by atoms with Crippen LogP contribution in [0.2, 0.25) is 5.02 Å². The molecule has 0 atom stereocenters. The van der Waals surface area contributed by atoms with Gasteiger partial charge in [0.1, 0.15) is 11.3 Å². The van der Waals surface area contributed by atoms with Crippen LogP contribution in [0.1, 0.15) is 16.1 Å². The largest absolute Gasteiger partial charge is 0.484 e. The molecule has 1 saturated heterocycles. The van der Waals surface area contributed by atoms with E-state index in [0.29, 0.717) is 54.9 Å². The Bertz CT molecular complexity index is 1070. The van der Waals surface area contributed by atoms with Gasteiger partial charge < -0.3 is 23.7 Å². The fourth-order valence-electron chi connectivity index (χ4n) is 3.63. The van der Waals surface area contributed by atoms with Crippen LogP contribution in [0.3, 0.4) is 0 Å². The summed E-state index contributed by atoms with van der Waals surface area (Å²) in [4.78, 5) is 29.0. The Morgan fingerprint density at radius 3 is 2.39 bits per heavy atom. The van der Waals surface area contributed by atoms with Crippen LogP contribution in [0.4, 0.5) is 0 Å². The normalized spacial score (nSPS) is 14.1. The number of rotatable bonds is 6. The summed E-state index contributed by atoms with van der Waals surface area (Å²) < 4.78 is 16.7. The van der Waals surface area contributed by atoms with E-state index >= 15 is 0 Å². The average molecular weight is 443 g/mol. The zero-order valence-electron chi connectivity index (χ0n) is 17.2. The molecule has 31 heavy (non-hydrogen) atoms. The molecule has 2 amide bonds. The summed E-state index contributed by atoms with van der Waals surface area (Å²) in [5, 5.41) is 1.48. The highest BCUT2D eigenvalue weighted by Gasteiger charge is 2.29. The highest BCUT2D eigenvalue weighted by molar-refractivity contribution is 6.30. The second kappa shape index (κ2) is 9.41. The number of nitrogens with zero attached hydrogens (tertiary/aromatic N) is 2. The summed E-state index contributed by atoms with van der Waals surface area (Å²) >= 11 is 5.85. The minimum atomic E-state index is -0.187. The number of furan rings is 1. The molecule has 0 N–H and O–H groups in total. The van der Waals surface area contributed by atoms with Crippen molar-refractivity contribution in [3.05, 3.63) is 64.9 Å². The summed E-state index contributed by atoms with van der Waals surface area (Å²) in [7, 11) is 1.59. The van der Waals surface area contributed by atoms with Crippen LogP contribution >= 0.6 is 11.6 Å². The van der Waals surface area contributed by atoms with Gasteiger partial charge in [-0.2, -0.15) is 0 Å². The van der Waals surface area contributed by atoms with Crippen LogP contribution in [0.25, 0.3) is 11.0 Å². The molecule has 8 heteroatoms. The topological polar surface area (TPSA) is 72.2 Å². The van der Waals surface area contributed by atoms with Crippen molar-refractivity contribution in [1.29, 1.82) is 0 Å². The summed E-state index contributed by atoms with van der Waals surface area (Å²) in [6.45, 7) is 1.96. The third-order valence-corrected chi connectivity index (χ3v) is 5.53. The molecule has 3 aromatic rings. The standard InChI is InChI=1S/C23H23ClN2O5/c1-29-14-19-18-4-2-3-5-20(18)31-22(19)23(28)26-12-10-25(11-13-26)21(27)15-30-17-8-6-16(24)7-9-17/h2-9H,10-15H2,1H3. The lowest BCUT2D eigenvalue weighted by molar-refractivity contribution is -0.134. The molecule has 2 aromatic carbocycles. The molecule has 0 radical (unpaired) electrons. The van der Waals surface area contributed by atoms with E-state index in [1.165, 1.54) is 0 Å². The van der Waals surface area contributed by atoms with E-state index in [9.17, 15) is 9.59 Å². The summed E-state index contributed by atoms with van der Waals surface area (Å²) in [5.74, 6) is 0.578. The van der Waals surface area contributed by atoms with Crippen molar-refractivity contribution < 1.29 is 23.5 Å². The SMILES string of the molecule is COCc1c(C(=O)N2CCN(C(=O)COc3ccc(Cl)cc3)CC2)oc2ccccc12. The van der Waals surface area contributed by atoms with Crippen LogP contribution in [-0.4, -0.2) is 61.5 Å². The number of hydrogen-bond acceptors (Lipinski definition) is 5. The molecule has 0 spiro atoms. The summed E-state index contributed by atoms with van der Waals surface area (Å²) in [6.07, 6.45) is 0. The van der Waals surface area contributed by atoms with Gasteiger partial charge in [0.2, 0.25) is 0 Å². The Morgan fingerprint density at radius 2 is 1.68 bits per heavy atom. The number of halogens is 1. The fraction of sp³-hybridized carbons (Fsp3) is 0.304. The molecule has 0 bridgehead atoms. The molecular weight excluding hydrogens is 420 g/mol. The first kappa shape index (κ1) is 21.2. The molecule has 7 nitrogen and oxygen atoms in total. The molecule has 0 aliphatic carbocycles. The van der Waals surface area contributed by atoms with Crippen LogP contribution in [0.15, 0.2) is 52.9 Å². The van der Waals surface area contributed by atoms with E-state index < -0.39 is 0 Å². The third-order valence-electron chi connectivity index (χ3n) is 5.28. The highest BCUT2D eigenvalue weighted by Crippen LogP contribution is 2.28.